The maximum Gasteiger partial charge on any atom is 0.227 e. The molecule has 216 valence electrons. The van der Waals surface area contributed by atoms with Gasteiger partial charge in [0.25, 0.3) is 0 Å². The quantitative estimate of drug-likeness (QED) is 0.170. The number of rotatable bonds is 12. The van der Waals surface area contributed by atoms with Gasteiger partial charge in [0.1, 0.15) is 16.6 Å². The number of hydrogen-bond donors (Lipinski definition) is 0. The third-order valence-corrected chi connectivity index (χ3v) is 7.41. The highest BCUT2D eigenvalue weighted by atomic mass is 35.5. The molecule has 4 rings (SSSR count). The molecular formula is C32H36ClN3O5. The standard InChI is InChI=1S/C32H36ClN3O5/c1-20(2)11-16-30(38)36(26-13-15-28(40-5)32(41-6)31(26)33)19-29-34-24-9-7-8-10-25(24)35(29)18-23-17-22(21(3)37)12-14-27(23)39-4/h7-10,12-15,17,20H,11,16,18-19H2,1-6H3. The predicted molar refractivity (Wildman–Crippen MR) is 162 cm³/mol. The average molecular weight is 578 g/mol. The van der Waals surface area contributed by atoms with E-state index in [4.69, 9.17) is 30.8 Å². The van der Waals surface area contributed by atoms with Crippen LogP contribution in [0.2, 0.25) is 5.02 Å². The third kappa shape index (κ3) is 6.49. The van der Waals surface area contributed by atoms with Crippen molar-refractivity contribution in [2.75, 3.05) is 26.2 Å². The number of Topliss-reactive ketones (excluding diaryl/α,β-unsaturated/α-hetero) is 1. The second kappa shape index (κ2) is 13.1. The van der Waals surface area contributed by atoms with Crippen LogP contribution in [0, 0.1) is 5.92 Å². The molecule has 0 N–H and O–H groups in total. The molecule has 8 nitrogen and oxygen atoms in total. The Kier molecular flexibility index (Phi) is 9.55. The Morgan fingerprint density at radius 3 is 2.34 bits per heavy atom. The highest BCUT2D eigenvalue weighted by Crippen LogP contribution is 2.42. The Labute approximate surface area is 245 Å². The highest BCUT2D eigenvalue weighted by molar-refractivity contribution is 6.35. The largest absolute Gasteiger partial charge is 0.496 e. The molecule has 0 radical (unpaired) electrons. The van der Waals surface area contributed by atoms with Gasteiger partial charge in [-0.3, -0.25) is 9.59 Å². The molecule has 1 amide bonds. The Hall–Kier alpha value is -4.04. The number of halogens is 1. The lowest BCUT2D eigenvalue weighted by molar-refractivity contribution is -0.119. The number of carbonyl (C=O) groups is 2. The first-order valence-corrected chi connectivity index (χ1v) is 13.9. The molecule has 0 spiro atoms. The fourth-order valence-electron chi connectivity index (χ4n) is 4.80. The monoisotopic (exact) mass is 577 g/mol. The molecule has 1 aromatic heterocycles. The van der Waals surface area contributed by atoms with Crippen molar-refractivity contribution in [3.05, 3.63) is 76.6 Å². The number of imidazole rings is 1. The summed E-state index contributed by atoms with van der Waals surface area (Å²) in [6, 6.07) is 16.7. The number of benzene rings is 3. The first-order valence-electron chi connectivity index (χ1n) is 13.5. The number of methoxy groups -OCH3 is 3. The van der Waals surface area contributed by atoms with Crippen molar-refractivity contribution in [2.24, 2.45) is 5.92 Å². The van der Waals surface area contributed by atoms with Crippen LogP contribution in [0.1, 0.15) is 55.4 Å². The van der Waals surface area contributed by atoms with E-state index in [2.05, 4.69) is 18.4 Å². The van der Waals surface area contributed by atoms with Crippen LogP contribution in [0.3, 0.4) is 0 Å². The molecule has 0 saturated carbocycles. The number of aromatic nitrogens is 2. The number of amides is 1. The van der Waals surface area contributed by atoms with Crippen molar-refractivity contribution in [1.29, 1.82) is 0 Å². The van der Waals surface area contributed by atoms with Gasteiger partial charge in [0, 0.05) is 17.5 Å². The maximum atomic E-state index is 13.8. The number of hydrogen-bond acceptors (Lipinski definition) is 6. The fraction of sp³-hybridized carbons (Fsp3) is 0.344. The lowest BCUT2D eigenvalue weighted by Crippen LogP contribution is -2.32. The third-order valence-electron chi connectivity index (χ3n) is 7.04. The van der Waals surface area contributed by atoms with E-state index in [9.17, 15) is 9.59 Å². The number of fused-ring (bicyclic) bond motifs is 1. The minimum Gasteiger partial charge on any atom is -0.496 e. The second-order valence-electron chi connectivity index (χ2n) is 10.2. The van der Waals surface area contributed by atoms with Gasteiger partial charge < -0.3 is 23.7 Å². The molecule has 0 saturated heterocycles. The number of anilines is 1. The minimum atomic E-state index is -0.0809. The number of ketones is 1. The first-order chi connectivity index (χ1) is 19.7. The zero-order valence-corrected chi connectivity index (χ0v) is 25.1. The summed E-state index contributed by atoms with van der Waals surface area (Å²) in [4.78, 5) is 32.5. The van der Waals surface area contributed by atoms with Crippen LogP contribution in [0.15, 0.2) is 54.6 Å². The number of para-hydroxylation sites is 2. The van der Waals surface area contributed by atoms with Gasteiger partial charge in [0.2, 0.25) is 5.91 Å². The van der Waals surface area contributed by atoms with Crippen LogP contribution in [0.4, 0.5) is 5.69 Å². The van der Waals surface area contributed by atoms with Crippen molar-refractivity contribution in [3.63, 3.8) is 0 Å². The SMILES string of the molecule is COc1ccc(C(C)=O)cc1Cn1c(CN(C(=O)CCC(C)C)c2ccc(OC)c(OC)c2Cl)nc2ccccc21. The smallest absolute Gasteiger partial charge is 0.227 e. The molecule has 4 aromatic rings. The molecule has 9 heteroatoms. The molecule has 3 aromatic carbocycles. The van der Waals surface area contributed by atoms with Gasteiger partial charge in [-0.05, 0) is 61.7 Å². The van der Waals surface area contributed by atoms with Crippen LogP contribution < -0.4 is 19.1 Å². The van der Waals surface area contributed by atoms with E-state index in [1.165, 1.54) is 21.1 Å². The predicted octanol–water partition coefficient (Wildman–Crippen LogP) is 6.94. The molecule has 0 unspecified atom stereocenters. The molecule has 0 atom stereocenters. The summed E-state index contributed by atoms with van der Waals surface area (Å²) in [6.45, 7) is 6.26. The summed E-state index contributed by atoms with van der Waals surface area (Å²) in [5.41, 5.74) is 3.61. The summed E-state index contributed by atoms with van der Waals surface area (Å²) in [7, 11) is 4.66. The van der Waals surface area contributed by atoms with Crippen molar-refractivity contribution in [2.45, 2.75) is 46.7 Å². The molecule has 0 aliphatic heterocycles. The number of nitrogens with zero attached hydrogens (tertiary/aromatic N) is 3. The van der Waals surface area contributed by atoms with E-state index >= 15 is 0 Å². The van der Waals surface area contributed by atoms with Crippen molar-refractivity contribution in [1.82, 2.24) is 9.55 Å². The van der Waals surface area contributed by atoms with E-state index in [1.54, 1.807) is 36.3 Å². The van der Waals surface area contributed by atoms with Gasteiger partial charge in [-0.15, -0.1) is 0 Å². The molecule has 0 fully saturated rings. The van der Waals surface area contributed by atoms with Crippen molar-refractivity contribution in [3.8, 4) is 17.2 Å². The second-order valence-corrected chi connectivity index (χ2v) is 10.6. The van der Waals surface area contributed by atoms with Crippen LogP contribution in [-0.2, 0) is 17.9 Å². The minimum absolute atomic E-state index is 0.0327. The zero-order chi connectivity index (χ0) is 29.7. The van der Waals surface area contributed by atoms with Gasteiger partial charge in [0.15, 0.2) is 17.3 Å². The molecular weight excluding hydrogens is 542 g/mol. The Balaban J connectivity index is 1.84. The summed E-state index contributed by atoms with van der Waals surface area (Å²) in [5.74, 6) is 2.38. The summed E-state index contributed by atoms with van der Waals surface area (Å²) < 4.78 is 18.6. The normalized spacial score (nSPS) is 11.1. The fourth-order valence-corrected chi connectivity index (χ4v) is 5.13. The number of ether oxygens (including phenoxy) is 3. The molecule has 0 aliphatic carbocycles. The van der Waals surface area contributed by atoms with Crippen molar-refractivity contribution < 1.29 is 23.8 Å². The Morgan fingerprint density at radius 2 is 1.68 bits per heavy atom. The van der Waals surface area contributed by atoms with Crippen LogP contribution in [0.5, 0.6) is 17.2 Å². The van der Waals surface area contributed by atoms with Crippen molar-refractivity contribution >= 4 is 40.0 Å². The Bertz CT molecular complexity index is 1560. The summed E-state index contributed by atoms with van der Waals surface area (Å²) in [6.07, 6.45) is 1.07. The van der Waals surface area contributed by atoms with E-state index in [-0.39, 0.29) is 23.3 Å². The van der Waals surface area contributed by atoms with Gasteiger partial charge >= 0.3 is 0 Å². The van der Waals surface area contributed by atoms with Crippen LogP contribution >= 0.6 is 11.6 Å². The number of carbonyl (C=O) groups excluding carboxylic acids is 2. The van der Waals surface area contributed by atoms with E-state index in [1.807, 2.05) is 30.3 Å². The molecule has 0 aliphatic rings. The van der Waals surface area contributed by atoms with E-state index < -0.39 is 0 Å². The average Bonchev–Trinajstić information content (AvgIpc) is 3.31. The zero-order valence-electron chi connectivity index (χ0n) is 24.4. The topological polar surface area (TPSA) is 82.9 Å². The van der Waals surface area contributed by atoms with Gasteiger partial charge in [-0.2, -0.15) is 0 Å². The molecule has 0 bridgehead atoms. The summed E-state index contributed by atoms with van der Waals surface area (Å²) in [5, 5.41) is 0.281. The highest BCUT2D eigenvalue weighted by Gasteiger charge is 2.26. The van der Waals surface area contributed by atoms with Gasteiger partial charge in [0.05, 0.1) is 51.1 Å². The van der Waals surface area contributed by atoms with Gasteiger partial charge in [-0.1, -0.05) is 37.6 Å². The Morgan fingerprint density at radius 1 is 0.976 bits per heavy atom. The maximum absolute atomic E-state index is 13.8. The van der Waals surface area contributed by atoms with Crippen LogP contribution in [0.25, 0.3) is 11.0 Å². The first kappa shape index (κ1) is 29.9. The van der Waals surface area contributed by atoms with Gasteiger partial charge in [-0.25, -0.2) is 4.98 Å². The summed E-state index contributed by atoms with van der Waals surface area (Å²) >= 11 is 6.82. The molecule has 41 heavy (non-hydrogen) atoms. The molecule has 1 heterocycles. The lowest BCUT2D eigenvalue weighted by atomic mass is 10.1. The van der Waals surface area contributed by atoms with E-state index in [0.29, 0.717) is 53.2 Å². The lowest BCUT2D eigenvalue weighted by Gasteiger charge is -2.26. The van der Waals surface area contributed by atoms with Crippen LogP contribution in [-0.4, -0.2) is 42.6 Å². The van der Waals surface area contributed by atoms with E-state index in [0.717, 1.165) is 23.0 Å².